The van der Waals surface area contributed by atoms with Crippen molar-refractivity contribution in [1.29, 1.82) is 0 Å². The molecule has 0 heterocycles. The number of ether oxygens (including phenoxy) is 1. The Bertz CT molecular complexity index is 838. The lowest BCUT2D eigenvalue weighted by molar-refractivity contribution is -0.142. The standard InChI is InChI=1S/C27H45N3O4S/c1-9-11-12-16-28-24(31)23(21-14-13-19(3)20(4)18-21)30(10-2)25(32)22(15-17-35-8)29-26(33)34-27(5,6)7/h13-14,18,22-23H,9-12,15-17H2,1-8H3,(H,28,31)(H,29,33). The number of nitrogens with one attached hydrogen (secondary N) is 2. The third-order valence-corrected chi connectivity index (χ3v) is 6.35. The lowest BCUT2D eigenvalue weighted by atomic mass is 9.98. The van der Waals surface area contributed by atoms with Crippen LogP contribution in [-0.2, 0) is 14.3 Å². The molecule has 0 saturated carbocycles. The van der Waals surface area contributed by atoms with Crippen molar-refractivity contribution in [3.8, 4) is 0 Å². The minimum atomic E-state index is -0.792. The fourth-order valence-electron chi connectivity index (χ4n) is 3.70. The summed E-state index contributed by atoms with van der Waals surface area (Å²) >= 11 is 1.60. The zero-order valence-corrected chi connectivity index (χ0v) is 23.6. The maximum absolute atomic E-state index is 13.8. The number of amides is 3. The van der Waals surface area contributed by atoms with Gasteiger partial charge in [0.05, 0.1) is 0 Å². The number of nitrogens with zero attached hydrogens (tertiary/aromatic N) is 1. The summed E-state index contributed by atoms with van der Waals surface area (Å²) in [7, 11) is 0. The van der Waals surface area contributed by atoms with Crippen LogP contribution in [0.2, 0.25) is 0 Å². The van der Waals surface area contributed by atoms with Gasteiger partial charge in [0.1, 0.15) is 17.7 Å². The van der Waals surface area contributed by atoms with Crippen molar-refractivity contribution < 1.29 is 19.1 Å². The number of aryl methyl sites for hydroxylation is 2. The van der Waals surface area contributed by atoms with Crippen molar-refractivity contribution in [2.45, 2.75) is 91.8 Å². The first kappa shape index (κ1) is 30.8. The number of rotatable bonds is 13. The average Bonchev–Trinajstić information content (AvgIpc) is 2.78. The Kier molecular flexibility index (Phi) is 13.2. The smallest absolute Gasteiger partial charge is 0.408 e. The van der Waals surface area contributed by atoms with E-state index in [1.165, 1.54) is 0 Å². The van der Waals surface area contributed by atoms with Crippen LogP contribution in [-0.4, -0.2) is 59.5 Å². The van der Waals surface area contributed by atoms with Crippen LogP contribution in [0.5, 0.6) is 0 Å². The molecule has 2 atom stereocenters. The normalized spacial score (nSPS) is 13.0. The van der Waals surface area contributed by atoms with E-state index < -0.39 is 23.8 Å². The van der Waals surface area contributed by atoms with Gasteiger partial charge in [-0.1, -0.05) is 38.0 Å². The lowest BCUT2D eigenvalue weighted by Gasteiger charge is -2.34. The quantitative estimate of drug-likeness (QED) is 0.361. The third-order valence-electron chi connectivity index (χ3n) is 5.71. The molecule has 0 aliphatic heterocycles. The fourth-order valence-corrected chi connectivity index (χ4v) is 4.17. The number of unbranched alkanes of at least 4 members (excludes halogenated alkanes) is 2. The van der Waals surface area contributed by atoms with Gasteiger partial charge in [-0.25, -0.2) is 4.79 Å². The van der Waals surface area contributed by atoms with Crippen molar-refractivity contribution in [3.63, 3.8) is 0 Å². The highest BCUT2D eigenvalue weighted by Gasteiger charge is 2.35. The number of alkyl carbamates (subject to hydrolysis) is 1. The molecule has 198 valence electrons. The molecule has 1 rings (SSSR count). The summed E-state index contributed by atoms with van der Waals surface area (Å²) in [6.07, 6.45) is 4.73. The molecule has 0 aliphatic rings. The predicted octanol–water partition coefficient (Wildman–Crippen LogP) is 5.15. The van der Waals surface area contributed by atoms with E-state index in [-0.39, 0.29) is 11.8 Å². The van der Waals surface area contributed by atoms with Gasteiger partial charge in [0.25, 0.3) is 0 Å². The van der Waals surface area contributed by atoms with Crippen molar-refractivity contribution in [2.24, 2.45) is 0 Å². The second-order valence-electron chi connectivity index (χ2n) is 9.85. The van der Waals surface area contributed by atoms with Gasteiger partial charge in [-0.3, -0.25) is 9.59 Å². The first-order valence-electron chi connectivity index (χ1n) is 12.6. The van der Waals surface area contributed by atoms with Crippen molar-refractivity contribution in [3.05, 3.63) is 34.9 Å². The van der Waals surface area contributed by atoms with Crippen LogP contribution in [0.3, 0.4) is 0 Å². The van der Waals surface area contributed by atoms with Gasteiger partial charge in [-0.15, -0.1) is 0 Å². The van der Waals surface area contributed by atoms with E-state index in [2.05, 4.69) is 17.6 Å². The highest BCUT2D eigenvalue weighted by atomic mass is 32.2. The third kappa shape index (κ3) is 10.5. The van der Waals surface area contributed by atoms with Crippen LogP contribution in [0.4, 0.5) is 4.79 Å². The Labute approximate surface area is 216 Å². The monoisotopic (exact) mass is 507 g/mol. The fraction of sp³-hybridized carbons (Fsp3) is 0.667. The molecule has 2 N–H and O–H groups in total. The van der Waals surface area contributed by atoms with Crippen molar-refractivity contribution in [2.75, 3.05) is 25.1 Å². The summed E-state index contributed by atoms with van der Waals surface area (Å²) in [5.41, 5.74) is 2.26. The first-order chi connectivity index (χ1) is 16.4. The number of carbonyl (C=O) groups excluding carboxylic acids is 3. The minimum absolute atomic E-state index is 0.208. The molecule has 35 heavy (non-hydrogen) atoms. The van der Waals surface area contributed by atoms with E-state index in [0.29, 0.717) is 25.3 Å². The van der Waals surface area contributed by atoms with Crippen LogP contribution in [0.25, 0.3) is 0 Å². The zero-order chi connectivity index (χ0) is 26.6. The summed E-state index contributed by atoms with van der Waals surface area (Å²) < 4.78 is 5.40. The molecule has 0 spiro atoms. The SMILES string of the molecule is CCCCCNC(=O)C(c1ccc(C)c(C)c1)N(CC)C(=O)C(CCSC)NC(=O)OC(C)(C)C. The van der Waals surface area contributed by atoms with Crippen LogP contribution in [0.1, 0.15) is 83.0 Å². The van der Waals surface area contributed by atoms with Gasteiger partial charge in [-0.2, -0.15) is 11.8 Å². The number of benzene rings is 1. The van der Waals surface area contributed by atoms with Gasteiger partial charge >= 0.3 is 6.09 Å². The van der Waals surface area contributed by atoms with Crippen LogP contribution in [0, 0.1) is 13.8 Å². The van der Waals surface area contributed by atoms with Crippen molar-refractivity contribution >= 4 is 29.7 Å². The average molecular weight is 508 g/mol. The number of hydrogen-bond acceptors (Lipinski definition) is 5. The molecule has 0 saturated heterocycles. The Balaban J connectivity index is 3.30. The number of likely N-dealkylation sites (N-methyl/N-ethyl adjacent to an activating group) is 1. The summed E-state index contributed by atoms with van der Waals surface area (Å²) in [6.45, 7) is 14.2. The van der Waals surface area contributed by atoms with Gasteiger partial charge < -0.3 is 20.3 Å². The molecule has 7 nitrogen and oxygen atoms in total. The second kappa shape index (κ2) is 15.0. The second-order valence-corrected chi connectivity index (χ2v) is 10.8. The summed E-state index contributed by atoms with van der Waals surface area (Å²) in [6, 6.07) is 4.28. The van der Waals surface area contributed by atoms with E-state index in [9.17, 15) is 14.4 Å². The molecule has 3 amide bonds. The lowest BCUT2D eigenvalue weighted by Crippen LogP contribution is -2.53. The molecule has 1 aromatic carbocycles. The van der Waals surface area contributed by atoms with E-state index in [0.717, 1.165) is 36.0 Å². The topological polar surface area (TPSA) is 87.7 Å². The van der Waals surface area contributed by atoms with Gasteiger partial charge in [0.2, 0.25) is 11.8 Å². The highest BCUT2D eigenvalue weighted by molar-refractivity contribution is 7.98. The Hall–Kier alpha value is -2.22. The molecule has 1 aromatic rings. The van der Waals surface area contributed by atoms with E-state index in [1.54, 1.807) is 37.4 Å². The Morgan fingerprint density at radius 2 is 1.77 bits per heavy atom. The molecule has 2 unspecified atom stereocenters. The maximum atomic E-state index is 13.8. The molecule has 0 aliphatic carbocycles. The maximum Gasteiger partial charge on any atom is 0.408 e. The van der Waals surface area contributed by atoms with Crippen molar-refractivity contribution in [1.82, 2.24) is 15.5 Å². The highest BCUT2D eigenvalue weighted by Crippen LogP contribution is 2.25. The Morgan fingerprint density at radius 3 is 2.31 bits per heavy atom. The number of hydrogen-bond donors (Lipinski definition) is 2. The van der Waals surface area contributed by atoms with E-state index in [4.69, 9.17) is 4.74 Å². The molecular weight excluding hydrogens is 462 g/mol. The molecular formula is C27H45N3O4S. The van der Waals surface area contributed by atoms with E-state index in [1.807, 2.05) is 45.2 Å². The van der Waals surface area contributed by atoms with Crippen LogP contribution >= 0.6 is 11.8 Å². The van der Waals surface area contributed by atoms with Gasteiger partial charge in [-0.05, 0) is 83.1 Å². The molecule has 0 radical (unpaired) electrons. The summed E-state index contributed by atoms with van der Waals surface area (Å²) in [5, 5.41) is 5.78. The number of thioether (sulfide) groups is 1. The zero-order valence-electron chi connectivity index (χ0n) is 22.8. The van der Waals surface area contributed by atoms with Gasteiger partial charge in [0, 0.05) is 13.1 Å². The summed E-state index contributed by atoms with van der Waals surface area (Å²) in [4.78, 5) is 41.3. The van der Waals surface area contributed by atoms with Crippen LogP contribution < -0.4 is 10.6 Å². The predicted molar refractivity (Wildman–Crippen MR) is 145 cm³/mol. The summed E-state index contributed by atoms with van der Waals surface area (Å²) in [5.74, 6) is 0.182. The molecule has 8 heteroatoms. The van der Waals surface area contributed by atoms with E-state index >= 15 is 0 Å². The first-order valence-corrected chi connectivity index (χ1v) is 14.0. The Morgan fingerprint density at radius 1 is 1.09 bits per heavy atom. The molecule has 0 fully saturated rings. The van der Waals surface area contributed by atoms with Gasteiger partial charge in [0.15, 0.2) is 0 Å². The minimum Gasteiger partial charge on any atom is -0.444 e. The largest absolute Gasteiger partial charge is 0.444 e. The van der Waals surface area contributed by atoms with Crippen LogP contribution in [0.15, 0.2) is 18.2 Å². The molecule has 0 aromatic heterocycles. The molecule has 0 bridgehead atoms. The number of carbonyl (C=O) groups is 3.